The van der Waals surface area contributed by atoms with Crippen LogP contribution in [-0.4, -0.2) is 81.6 Å². The monoisotopic (exact) mass is 464 g/mol. The van der Waals surface area contributed by atoms with E-state index in [0.717, 1.165) is 0 Å². The lowest BCUT2D eigenvalue weighted by Crippen LogP contribution is -2.45. The number of carboxylic acid groups (broad SMARTS) is 1. The van der Waals surface area contributed by atoms with Crippen LogP contribution in [0.5, 0.6) is 5.75 Å². The van der Waals surface area contributed by atoms with Gasteiger partial charge in [0.15, 0.2) is 0 Å². The van der Waals surface area contributed by atoms with Crippen molar-refractivity contribution in [3.63, 3.8) is 0 Å². The molecule has 0 aliphatic carbocycles. The molecule has 0 aromatic heterocycles. The molecule has 0 bridgehead atoms. The normalized spacial score (nSPS) is 21.0. The van der Waals surface area contributed by atoms with E-state index < -0.39 is 22.0 Å². The lowest BCUT2D eigenvalue weighted by Gasteiger charge is -2.35. The first-order valence-electron chi connectivity index (χ1n) is 9.53. The minimum atomic E-state index is -3.77. The second-order valence-electron chi connectivity index (χ2n) is 7.63. The first kappa shape index (κ1) is 25.0. The number of carbonyl (C=O) groups is 2. The van der Waals surface area contributed by atoms with Crippen LogP contribution in [0.2, 0.25) is 0 Å². The molecule has 1 spiro atoms. The van der Waals surface area contributed by atoms with Crippen molar-refractivity contribution in [3.8, 4) is 5.75 Å². The van der Waals surface area contributed by atoms with Gasteiger partial charge in [-0.1, -0.05) is 0 Å². The van der Waals surface area contributed by atoms with Crippen LogP contribution in [0.1, 0.15) is 19.3 Å². The number of likely N-dealkylation sites (N-methyl/N-ethyl adjacent to an activating group) is 1. The quantitative estimate of drug-likeness (QED) is 0.499. The highest BCUT2D eigenvalue weighted by Crippen LogP contribution is 2.44. The fourth-order valence-corrected chi connectivity index (χ4v) is 5.29. The van der Waals surface area contributed by atoms with Gasteiger partial charge in [0.05, 0.1) is 10.3 Å². The van der Waals surface area contributed by atoms with Crippen molar-refractivity contribution in [2.24, 2.45) is 5.41 Å². The Morgan fingerprint density at radius 3 is 2.32 bits per heavy atom. The van der Waals surface area contributed by atoms with Crippen molar-refractivity contribution in [1.82, 2.24) is 9.21 Å². The van der Waals surface area contributed by atoms with E-state index in [1.165, 1.54) is 28.6 Å². The van der Waals surface area contributed by atoms with Crippen LogP contribution in [0.25, 0.3) is 0 Å². The number of benzene rings is 1. The van der Waals surface area contributed by atoms with Crippen molar-refractivity contribution in [3.05, 3.63) is 24.3 Å². The molecular weight excluding hydrogens is 438 g/mol. The number of ether oxygens (including phenoxy) is 2. The Balaban J connectivity index is 0.00000107. The Hall–Kier alpha value is -2.31. The lowest BCUT2D eigenvalue weighted by molar-refractivity contribution is -0.150. The fourth-order valence-electron chi connectivity index (χ4n) is 3.85. The van der Waals surface area contributed by atoms with Crippen LogP contribution in [0, 0.1) is 5.41 Å². The minimum absolute atomic E-state index is 0.00421. The molecule has 0 saturated carbocycles. The maximum atomic E-state index is 12.8. The number of carbonyl (C=O) groups excluding carboxylic acids is 1. The number of cyclic esters (lactones) is 1. The standard InChI is InChI=1S/C18H24F2N2O5S.CH2O2/c1-21(2)12-14-11-18(16(23)26-14)7-9-22(10-8-18)28(24,25)15-5-3-13(4-6-15)27-17(19)20;2-1-3/h3-6,14,17H,7-12H2,1-2H3;1H,(H,2,3). The van der Waals surface area contributed by atoms with E-state index in [4.69, 9.17) is 14.6 Å². The van der Waals surface area contributed by atoms with Crippen molar-refractivity contribution >= 4 is 22.5 Å². The summed E-state index contributed by atoms with van der Waals surface area (Å²) < 4.78 is 61.2. The Labute approximate surface area is 179 Å². The second kappa shape index (κ2) is 10.3. The summed E-state index contributed by atoms with van der Waals surface area (Å²) in [7, 11) is 0.0432. The first-order valence-corrected chi connectivity index (χ1v) is 11.0. The van der Waals surface area contributed by atoms with Gasteiger partial charge in [0.1, 0.15) is 11.9 Å². The summed E-state index contributed by atoms with van der Waals surface area (Å²) in [5.74, 6) is -0.350. The molecule has 3 rings (SSSR count). The van der Waals surface area contributed by atoms with Crippen LogP contribution in [0.3, 0.4) is 0 Å². The molecule has 0 radical (unpaired) electrons. The maximum absolute atomic E-state index is 12.8. The zero-order valence-electron chi connectivity index (χ0n) is 17.2. The van der Waals surface area contributed by atoms with Crippen molar-refractivity contribution < 1.29 is 41.4 Å². The van der Waals surface area contributed by atoms with Gasteiger partial charge in [0.25, 0.3) is 6.47 Å². The maximum Gasteiger partial charge on any atom is 0.387 e. The van der Waals surface area contributed by atoms with Gasteiger partial charge in [-0.25, -0.2) is 8.42 Å². The number of rotatable bonds is 6. The Bertz CT molecular complexity index is 855. The van der Waals surface area contributed by atoms with Gasteiger partial charge in [-0.2, -0.15) is 13.1 Å². The van der Waals surface area contributed by atoms with E-state index >= 15 is 0 Å². The Morgan fingerprint density at radius 2 is 1.84 bits per heavy atom. The number of piperidine rings is 1. The minimum Gasteiger partial charge on any atom is -0.483 e. The molecule has 1 atom stereocenters. The number of hydrogen-bond acceptors (Lipinski definition) is 7. The largest absolute Gasteiger partial charge is 0.483 e. The van der Waals surface area contributed by atoms with E-state index in [1.807, 2.05) is 19.0 Å². The second-order valence-corrected chi connectivity index (χ2v) is 9.57. The average molecular weight is 464 g/mol. The molecule has 1 aromatic carbocycles. The first-order chi connectivity index (χ1) is 14.5. The summed E-state index contributed by atoms with van der Waals surface area (Å²) in [6.45, 7) is -2.16. The third kappa shape index (κ3) is 6.11. The molecule has 0 amide bonds. The average Bonchev–Trinajstić information content (AvgIpc) is 2.96. The molecule has 31 heavy (non-hydrogen) atoms. The molecule has 1 unspecified atom stereocenters. The molecule has 2 fully saturated rings. The summed E-state index contributed by atoms with van der Waals surface area (Å²) in [4.78, 5) is 22.7. The number of halogens is 2. The summed E-state index contributed by atoms with van der Waals surface area (Å²) in [5, 5.41) is 6.89. The lowest BCUT2D eigenvalue weighted by atomic mass is 9.76. The van der Waals surface area contributed by atoms with Crippen LogP contribution >= 0.6 is 0 Å². The van der Waals surface area contributed by atoms with Crippen molar-refractivity contribution in [1.29, 1.82) is 0 Å². The SMILES string of the molecule is CN(C)CC1CC2(CCN(S(=O)(=O)c3ccc(OC(F)F)cc3)CC2)C(=O)O1.O=CO. The van der Waals surface area contributed by atoms with Gasteiger partial charge in [-0.05, 0) is 51.2 Å². The van der Waals surface area contributed by atoms with Gasteiger partial charge in [0.2, 0.25) is 10.0 Å². The van der Waals surface area contributed by atoms with Crippen molar-refractivity contribution in [2.75, 3.05) is 33.7 Å². The van der Waals surface area contributed by atoms with Gasteiger partial charge < -0.3 is 19.5 Å². The third-order valence-corrected chi connectivity index (χ3v) is 7.17. The molecule has 1 N–H and O–H groups in total. The molecule has 2 saturated heterocycles. The van der Waals surface area contributed by atoms with Crippen molar-refractivity contribution in [2.45, 2.75) is 36.9 Å². The van der Waals surface area contributed by atoms with Crippen LogP contribution in [0.15, 0.2) is 29.2 Å². The third-order valence-electron chi connectivity index (χ3n) is 5.26. The van der Waals surface area contributed by atoms with Gasteiger partial charge in [-0.3, -0.25) is 9.59 Å². The van der Waals surface area contributed by atoms with Crippen LogP contribution in [-0.2, 0) is 24.3 Å². The number of sulfonamides is 1. The molecule has 2 aliphatic rings. The predicted molar refractivity (Wildman–Crippen MR) is 105 cm³/mol. The van der Waals surface area contributed by atoms with Crippen LogP contribution in [0.4, 0.5) is 8.78 Å². The summed E-state index contributed by atoms with van der Waals surface area (Å²) >= 11 is 0. The molecule has 174 valence electrons. The van der Waals surface area contributed by atoms with Gasteiger partial charge in [-0.15, -0.1) is 0 Å². The molecule has 2 heterocycles. The summed E-state index contributed by atoms with van der Waals surface area (Å²) in [6.07, 6.45) is 1.23. The molecule has 12 heteroatoms. The molecule has 2 aliphatic heterocycles. The highest BCUT2D eigenvalue weighted by atomic mass is 32.2. The molecule has 1 aromatic rings. The Kier molecular flexibility index (Phi) is 8.32. The topological polar surface area (TPSA) is 113 Å². The van der Waals surface area contributed by atoms with E-state index in [9.17, 15) is 22.0 Å². The van der Waals surface area contributed by atoms with E-state index in [-0.39, 0.29) is 42.3 Å². The van der Waals surface area contributed by atoms with Gasteiger partial charge >= 0.3 is 12.6 Å². The molecule has 9 nitrogen and oxygen atoms in total. The number of nitrogens with zero attached hydrogens (tertiary/aromatic N) is 2. The zero-order chi connectivity index (χ0) is 23.2. The highest BCUT2D eigenvalue weighted by Gasteiger charge is 2.51. The summed E-state index contributed by atoms with van der Waals surface area (Å²) in [6, 6.07) is 4.89. The summed E-state index contributed by atoms with van der Waals surface area (Å²) in [5.41, 5.74) is -0.623. The number of esters is 1. The predicted octanol–water partition coefficient (Wildman–Crippen LogP) is 1.64. The highest BCUT2D eigenvalue weighted by molar-refractivity contribution is 7.89. The van der Waals surface area contributed by atoms with E-state index in [1.54, 1.807) is 0 Å². The van der Waals surface area contributed by atoms with Crippen LogP contribution < -0.4 is 4.74 Å². The smallest absolute Gasteiger partial charge is 0.387 e. The Morgan fingerprint density at radius 1 is 1.29 bits per heavy atom. The van der Waals surface area contributed by atoms with E-state index in [2.05, 4.69) is 4.74 Å². The van der Waals surface area contributed by atoms with E-state index in [0.29, 0.717) is 25.8 Å². The molecular formula is C19H26F2N2O7S. The zero-order valence-corrected chi connectivity index (χ0v) is 18.1. The fraction of sp³-hybridized carbons (Fsp3) is 0.579. The van der Waals surface area contributed by atoms with Gasteiger partial charge in [0, 0.05) is 26.1 Å². The number of alkyl halides is 2. The number of hydrogen-bond donors (Lipinski definition) is 1.